The molecule has 3 aromatic rings. The van der Waals surface area contributed by atoms with Crippen LogP contribution in [0.15, 0.2) is 46.1 Å². The van der Waals surface area contributed by atoms with Crippen LogP contribution in [0.3, 0.4) is 0 Å². The highest BCUT2D eigenvalue weighted by Gasteiger charge is 2.46. The van der Waals surface area contributed by atoms with Gasteiger partial charge in [0.2, 0.25) is 11.6 Å². The minimum absolute atomic E-state index is 0.138. The van der Waals surface area contributed by atoms with E-state index in [2.05, 4.69) is 4.98 Å². The van der Waals surface area contributed by atoms with Gasteiger partial charge in [-0.05, 0) is 17.7 Å². The molecule has 1 amide bonds. The molecule has 2 aromatic heterocycles. The number of carbonyl (C=O) groups excluding carboxylic acids is 1. The molecule has 0 N–H and O–H groups in total. The highest BCUT2D eigenvalue weighted by atomic mass is 35.5. The second-order valence-electron chi connectivity index (χ2n) is 6.12. The van der Waals surface area contributed by atoms with Crippen LogP contribution in [0.2, 0.25) is 5.02 Å². The molecule has 1 aliphatic heterocycles. The Balaban J connectivity index is 1.68. The van der Waals surface area contributed by atoms with Crippen molar-refractivity contribution in [3.05, 3.63) is 52.2 Å². The zero-order valence-corrected chi connectivity index (χ0v) is 14.0. The van der Waals surface area contributed by atoms with E-state index in [-0.39, 0.29) is 17.6 Å². The van der Waals surface area contributed by atoms with Crippen molar-refractivity contribution < 1.29 is 18.0 Å². The second kappa shape index (κ2) is 5.91. The molecule has 6 nitrogen and oxygen atoms in total. The smallest absolute Gasteiger partial charge is 0.282 e. The van der Waals surface area contributed by atoms with Crippen molar-refractivity contribution in [2.24, 2.45) is 0 Å². The number of furan rings is 1. The van der Waals surface area contributed by atoms with Gasteiger partial charge in [0.05, 0.1) is 13.1 Å². The second-order valence-corrected chi connectivity index (χ2v) is 6.56. The van der Waals surface area contributed by atoms with Gasteiger partial charge in [-0.25, -0.2) is 13.8 Å². The highest BCUT2D eigenvalue weighted by molar-refractivity contribution is 6.30. The summed E-state index contributed by atoms with van der Waals surface area (Å²) in [5.41, 5.74) is 0.887. The maximum atomic E-state index is 12.9. The van der Waals surface area contributed by atoms with Crippen LogP contribution < -0.4 is 5.56 Å². The third-order valence-corrected chi connectivity index (χ3v) is 4.47. The van der Waals surface area contributed by atoms with Crippen molar-refractivity contribution in [2.75, 3.05) is 13.1 Å². The summed E-state index contributed by atoms with van der Waals surface area (Å²) >= 11 is 5.88. The molecule has 0 saturated carbocycles. The number of hydrogen-bond acceptors (Lipinski definition) is 4. The number of aromatic nitrogens is 2. The first-order chi connectivity index (χ1) is 12.3. The van der Waals surface area contributed by atoms with Gasteiger partial charge in [-0.2, -0.15) is 0 Å². The van der Waals surface area contributed by atoms with Crippen molar-refractivity contribution >= 4 is 28.6 Å². The number of alkyl halides is 2. The van der Waals surface area contributed by atoms with E-state index in [4.69, 9.17) is 16.0 Å². The van der Waals surface area contributed by atoms with Crippen LogP contribution in [0.1, 0.15) is 0 Å². The number of fused-ring (bicyclic) bond motifs is 1. The largest absolute Gasteiger partial charge is 0.445 e. The fourth-order valence-electron chi connectivity index (χ4n) is 2.86. The summed E-state index contributed by atoms with van der Waals surface area (Å²) < 4.78 is 32.2. The monoisotopic (exact) mass is 379 g/mol. The lowest BCUT2D eigenvalue weighted by atomic mass is 10.1. The molecule has 1 fully saturated rings. The van der Waals surface area contributed by atoms with Crippen LogP contribution in [0.5, 0.6) is 0 Å². The van der Waals surface area contributed by atoms with E-state index in [0.29, 0.717) is 16.1 Å². The SMILES string of the molecule is O=C(Cn1cnc2occ(-c3ccc(Cl)cc3)c2c1=O)N1CC(F)(F)C1. The Bertz CT molecular complexity index is 1050. The molecule has 134 valence electrons. The standard InChI is InChI=1S/C17H12ClF2N3O3/c18-11-3-1-10(2-4-11)12-6-26-15-14(12)16(25)22(9-21-15)5-13(24)23-7-17(19,20)8-23/h1-4,6,9H,5,7-8H2. The first-order valence-electron chi connectivity index (χ1n) is 7.72. The van der Waals surface area contributed by atoms with Crippen molar-refractivity contribution in [1.29, 1.82) is 0 Å². The van der Waals surface area contributed by atoms with Gasteiger partial charge in [0.15, 0.2) is 0 Å². The topological polar surface area (TPSA) is 68.3 Å². The van der Waals surface area contributed by atoms with E-state index < -0.39 is 30.5 Å². The summed E-state index contributed by atoms with van der Waals surface area (Å²) in [5, 5.41) is 0.769. The number of hydrogen-bond donors (Lipinski definition) is 0. The first kappa shape index (κ1) is 16.7. The lowest BCUT2D eigenvalue weighted by Gasteiger charge is -2.38. The Labute approximate surface area is 150 Å². The van der Waals surface area contributed by atoms with Gasteiger partial charge < -0.3 is 9.32 Å². The third kappa shape index (κ3) is 2.86. The van der Waals surface area contributed by atoms with E-state index in [1.54, 1.807) is 24.3 Å². The molecule has 0 bridgehead atoms. The lowest BCUT2D eigenvalue weighted by Crippen LogP contribution is -2.59. The molecule has 0 spiro atoms. The predicted molar refractivity (Wildman–Crippen MR) is 90.2 cm³/mol. The maximum absolute atomic E-state index is 12.9. The molecule has 3 heterocycles. The van der Waals surface area contributed by atoms with E-state index in [1.807, 2.05) is 0 Å². The first-order valence-corrected chi connectivity index (χ1v) is 8.10. The summed E-state index contributed by atoms with van der Waals surface area (Å²) in [5.74, 6) is -3.41. The Morgan fingerprint density at radius 2 is 1.96 bits per heavy atom. The molecule has 26 heavy (non-hydrogen) atoms. The van der Waals surface area contributed by atoms with Crippen molar-refractivity contribution in [3.8, 4) is 11.1 Å². The van der Waals surface area contributed by atoms with Crippen molar-refractivity contribution in [1.82, 2.24) is 14.5 Å². The number of nitrogens with zero attached hydrogens (tertiary/aromatic N) is 3. The van der Waals surface area contributed by atoms with Crippen LogP contribution >= 0.6 is 11.6 Å². The molecule has 4 rings (SSSR count). The zero-order valence-electron chi connectivity index (χ0n) is 13.3. The van der Waals surface area contributed by atoms with Crippen molar-refractivity contribution in [3.63, 3.8) is 0 Å². The Morgan fingerprint density at radius 1 is 1.27 bits per heavy atom. The number of rotatable bonds is 3. The number of carbonyl (C=O) groups is 1. The van der Waals surface area contributed by atoms with Gasteiger partial charge in [-0.3, -0.25) is 14.2 Å². The van der Waals surface area contributed by atoms with Gasteiger partial charge in [0.1, 0.15) is 24.5 Å². The lowest BCUT2D eigenvalue weighted by molar-refractivity contribution is -0.166. The number of likely N-dealkylation sites (tertiary alicyclic amines) is 1. The van der Waals surface area contributed by atoms with Crippen LogP contribution in [0.4, 0.5) is 8.78 Å². The molecule has 1 saturated heterocycles. The van der Waals surface area contributed by atoms with E-state index >= 15 is 0 Å². The predicted octanol–water partition coefficient (Wildman–Crippen LogP) is 2.79. The number of benzene rings is 1. The summed E-state index contributed by atoms with van der Waals surface area (Å²) in [6, 6.07) is 6.82. The van der Waals surface area contributed by atoms with Crippen LogP contribution in [-0.2, 0) is 11.3 Å². The third-order valence-electron chi connectivity index (χ3n) is 4.22. The summed E-state index contributed by atoms with van der Waals surface area (Å²) in [7, 11) is 0. The van der Waals surface area contributed by atoms with Crippen LogP contribution in [0, 0.1) is 0 Å². The van der Waals surface area contributed by atoms with Crippen LogP contribution in [-0.4, -0.2) is 39.4 Å². The molecule has 1 aliphatic rings. The Kier molecular flexibility index (Phi) is 3.80. The molecule has 9 heteroatoms. The molecular formula is C17H12ClF2N3O3. The van der Waals surface area contributed by atoms with E-state index in [1.165, 1.54) is 12.6 Å². The average molecular weight is 380 g/mol. The molecule has 0 aliphatic carbocycles. The molecule has 0 radical (unpaired) electrons. The molecule has 1 aromatic carbocycles. The van der Waals surface area contributed by atoms with Crippen LogP contribution in [0.25, 0.3) is 22.2 Å². The molecule has 0 unspecified atom stereocenters. The number of amides is 1. The zero-order chi connectivity index (χ0) is 18.5. The van der Waals surface area contributed by atoms with Crippen molar-refractivity contribution in [2.45, 2.75) is 12.5 Å². The van der Waals surface area contributed by atoms with Gasteiger partial charge in [-0.1, -0.05) is 23.7 Å². The summed E-state index contributed by atoms with van der Waals surface area (Å²) in [4.78, 5) is 29.9. The normalized spacial score (nSPS) is 15.9. The Hall–Kier alpha value is -2.74. The summed E-state index contributed by atoms with van der Waals surface area (Å²) in [6.45, 7) is -1.61. The minimum atomic E-state index is -2.85. The summed E-state index contributed by atoms with van der Waals surface area (Å²) in [6.07, 6.45) is 2.58. The average Bonchev–Trinajstić information content (AvgIpc) is 3.00. The molecular weight excluding hydrogens is 368 g/mol. The number of halogens is 3. The maximum Gasteiger partial charge on any atom is 0.282 e. The highest BCUT2D eigenvalue weighted by Crippen LogP contribution is 2.29. The van der Waals surface area contributed by atoms with Gasteiger partial charge in [-0.15, -0.1) is 0 Å². The van der Waals surface area contributed by atoms with Gasteiger partial charge in [0, 0.05) is 10.6 Å². The van der Waals surface area contributed by atoms with Gasteiger partial charge >= 0.3 is 0 Å². The quantitative estimate of drug-likeness (QED) is 0.701. The fourth-order valence-corrected chi connectivity index (χ4v) is 2.98. The van der Waals surface area contributed by atoms with E-state index in [0.717, 1.165) is 9.47 Å². The van der Waals surface area contributed by atoms with E-state index in [9.17, 15) is 18.4 Å². The van der Waals surface area contributed by atoms with Gasteiger partial charge in [0.25, 0.3) is 11.5 Å². The Morgan fingerprint density at radius 3 is 2.62 bits per heavy atom. The molecule has 0 atom stereocenters. The minimum Gasteiger partial charge on any atom is -0.445 e. The fraction of sp³-hybridized carbons (Fsp3) is 0.235.